The maximum absolute atomic E-state index is 13.5. The van der Waals surface area contributed by atoms with Crippen LogP contribution in [0.15, 0.2) is 22.7 Å². The molecule has 1 unspecified atom stereocenters. The molecule has 5 nitrogen and oxygen atoms in total. The van der Waals surface area contributed by atoms with Gasteiger partial charge in [0.05, 0.1) is 13.2 Å². The third-order valence-electron chi connectivity index (χ3n) is 2.25. The quantitative estimate of drug-likeness (QED) is 0.882. The summed E-state index contributed by atoms with van der Waals surface area (Å²) in [4.78, 5) is 4.07. The first-order valence-electron chi connectivity index (χ1n) is 5.05. The predicted molar refractivity (Wildman–Crippen MR) is 58.8 cm³/mol. The molecule has 1 heterocycles. The van der Waals surface area contributed by atoms with E-state index >= 15 is 0 Å². The topological polar surface area (TPSA) is 74.2 Å². The van der Waals surface area contributed by atoms with E-state index < -0.39 is 5.82 Å². The van der Waals surface area contributed by atoms with Gasteiger partial charge in [-0.05, 0) is 25.1 Å². The Hall–Kier alpha value is -1.95. The van der Waals surface area contributed by atoms with Crippen LogP contribution < -0.4 is 10.5 Å². The first kappa shape index (κ1) is 11.5. The molecule has 2 rings (SSSR count). The van der Waals surface area contributed by atoms with Crippen molar-refractivity contribution in [1.82, 2.24) is 10.1 Å². The second-order valence-corrected chi connectivity index (χ2v) is 3.60. The minimum Gasteiger partial charge on any atom is -0.494 e. The summed E-state index contributed by atoms with van der Waals surface area (Å²) in [6, 6.07) is 4.09. The van der Waals surface area contributed by atoms with E-state index in [9.17, 15) is 4.39 Å². The van der Waals surface area contributed by atoms with Gasteiger partial charge in [0.2, 0.25) is 0 Å². The Bertz CT molecular complexity index is 525. The van der Waals surface area contributed by atoms with Gasteiger partial charge >= 0.3 is 0 Å². The second-order valence-electron chi connectivity index (χ2n) is 3.60. The summed E-state index contributed by atoms with van der Waals surface area (Å²) in [5, 5.41) is 3.70. The molecule has 2 aromatic rings. The zero-order chi connectivity index (χ0) is 12.4. The van der Waals surface area contributed by atoms with E-state index in [1.807, 2.05) is 0 Å². The van der Waals surface area contributed by atoms with E-state index in [0.29, 0.717) is 11.4 Å². The number of methoxy groups -OCH3 is 1. The average Bonchev–Trinajstić information content (AvgIpc) is 2.78. The molecule has 17 heavy (non-hydrogen) atoms. The Morgan fingerprint density at radius 3 is 2.76 bits per heavy atom. The summed E-state index contributed by atoms with van der Waals surface area (Å²) >= 11 is 0. The van der Waals surface area contributed by atoms with Crippen molar-refractivity contribution < 1.29 is 13.7 Å². The monoisotopic (exact) mass is 237 g/mol. The van der Waals surface area contributed by atoms with Crippen LogP contribution in [0.4, 0.5) is 4.39 Å². The van der Waals surface area contributed by atoms with E-state index in [-0.39, 0.29) is 17.7 Å². The normalized spacial score (nSPS) is 12.5. The molecule has 1 aromatic heterocycles. The van der Waals surface area contributed by atoms with E-state index in [0.717, 1.165) is 0 Å². The summed E-state index contributed by atoms with van der Waals surface area (Å²) in [6.07, 6.45) is 0. The standard InChI is InChI=1S/C11H12FN3O2/c1-6(13)10-14-11(17-15-10)7-3-4-9(16-2)8(12)5-7/h3-6H,13H2,1-2H3. The van der Waals surface area contributed by atoms with E-state index in [1.165, 1.54) is 19.2 Å². The highest BCUT2D eigenvalue weighted by Crippen LogP contribution is 2.24. The molecule has 0 amide bonds. The zero-order valence-corrected chi connectivity index (χ0v) is 9.48. The average molecular weight is 237 g/mol. The predicted octanol–water partition coefficient (Wildman–Crippen LogP) is 1.90. The molecule has 90 valence electrons. The van der Waals surface area contributed by atoms with Gasteiger partial charge in [-0.25, -0.2) is 4.39 Å². The van der Waals surface area contributed by atoms with Crippen LogP contribution in [-0.2, 0) is 0 Å². The molecule has 0 saturated carbocycles. The lowest BCUT2D eigenvalue weighted by atomic mass is 10.2. The van der Waals surface area contributed by atoms with Crippen molar-refractivity contribution in [2.24, 2.45) is 5.73 Å². The van der Waals surface area contributed by atoms with Gasteiger partial charge in [0.25, 0.3) is 5.89 Å². The van der Waals surface area contributed by atoms with Crippen LogP contribution in [-0.4, -0.2) is 17.3 Å². The maximum atomic E-state index is 13.5. The van der Waals surface area contributed by atoms with E-state index in [4.69, 9.17) is 15.0 Å². The Morgan fingerprint density at radius 1 is 1.47 bits per heavy atom. The highest BCUT2D eigenvalue weighted by atomic mass is 19.1. The Balaban J connectivity index is 2.36. The van der Waals surface area contributed by atoms with Crippen LogP contribution >= 0.6 is 0 Å². The first-order chi connectivity index (χ1) is 8.11. The summed E-state index contributed by atoms with van der Waals surface area (Å²) in [5.41, 5.74) is 6.09. The fourth-order valence-electron chi connectivity index (χ4n) is 1.34. The molecule has 0 spiro atoms. The van der Waals surface area contributed by atoms with E-state index in [1.54, 1.807) is 13.0 Å². The summed E-state index contributed by atoms with van der Waals surface area (Å²) < 4.78 is 23.3. The van der Waals surface area contributed by atoms with Gasteiger partial charge in [-0.15, -0.1) is 0 Å². The largest absolute Gasteiger partial charge is 0.494 e. The number of halogens is 1. The molecule has 2 N–H and O–H groups in total. The number of rotatable bonds is 3. The van der Waals surface area contributed by atoms with Crippen molar-refractivity contribution in [1.29, 1.82) is 0 Å². The van der Waals surface area contributed by atoms with Crippen molar-refractivity contribution in [3.8, 4) is 17.2 Å². The molecule has 0 aliphatic carbocycles. The molecule has 0 aliphatic rings. The minimum absolute atomic E-state index is 0.167. The molecule has 0 aliphatic heterocycles. The van der Waals surface area contributed by atoms with Gasteiger partial charge in [-0.2, -0.15) is 4.98 Å². The van der Waals surface area contributed by atoms with Gasteiger partial charge in [-0.1, -0.05) is 5.16 Å². The molecule has 0 saturated heterocycles. The lowest BCUT2D eigenvalue weighted by Crippen LogP contribution is -2.06. The van der Waals surface area contributed by atoms with Gasteiger partial charge in [0.15, 0.2) is 17.4 Å². The number of aromatic nitrogens is 2. The number of hydrogen-bond acceptors (Lipinski definition) is 5. The number of benzene rings is 1. The Labute approximate surface area is 97.4 Å². The zero-order valence-electron chi connectivity index (χ0n) is 9.48. The smallest absolute Gasteiger partial charge is 0.258 e. The van der Waals surface area contributed by atoms with Crippen LogP contribution in [0.1, 0.15) is 18.8 Å². The fraction of sp³-hybridized carbons (Fsp3) is 0.273. The van der Waals surface area contributed by atoms with Crippen LogP contribution in [0.25, 0.3) is 11.5 Å². The lowest BCUT2D eigenvalue weighted by molar-refractivity contribution is 0.386. The van der Waals surface area contributed by atoms with Crippen molar-refractivity contribution in [3.63, 3.8) is 0 Å². The SMILES string of the molecule is COc1ccc(-c2nc(C(C)N)no2)cc1F. The molecule has 6 heteroatoms. The second kappa shape index (κ2) is 4.50. The lowest BCUT2D eigenvalue weighted by Gasteiger charge is -2.01. The molecule has 1 atom stereocenters. The van der Waals surface area contributed by atoms with Crippen molar-refractivity contribution >= 4 is 0 Å². The van der Waals surface area contributed by atoms with Crippen LogP contribution in [0.3, 0.4) is 0 Å². The molecule has 0 radical (unpaired) electrons. The summed E-state index contributed by atoms with van der Waals surface area (Å²) in [5.74, 6) is 0.307. The van der Waals surface area contributed by atoms with E-state index in [2.05, 4.69) is 10.1 Å². The Kier molecular flexibility index (Phi) is 3.06. The molecule has 1 aromatic carbocycles. The summed E-state index contributed by atoms with van der Waals surface area (Å²) in [7, 11) is 1.40. The van der Waals surface area contributed by atoms with Gasteiger partial charge in [0, 0.05) is 5.56 Å². The highest BCUT2D eigenvalue weighted by molar-refractivity contribution is 5.54. The summed E-state index contributed by atoms with van der Waals surface area (Å²) in [6.45, 7) is 1.74. The highest BCUT2D eigenvalue weighted by Gasteiger charge is 2.13. The minimum atomic E-state index is -0.481. The molecule has 0 bridgehead atoms. The molecular formula is C11H12FN3O2. The number of hydrogen-bond donors (Lipinski definition) is 1. The third kappa shape index (κ3) is 2.26. The van der Waals surface area contributed by atoms with Crippen LogP contribution in [0.2, 0.25) is 0 Å². The van der Waals surface area contributed by atoms with Gasteiger partial charge in [0.1, 0.15) is 0 Å². The number of nitrogens with zero attached hydrogens (tertiary/aromatic N) is 2. The third-order valence-corrected chi connectivity index (χ3v) is 2.25. The van der Waals surface area contributed by atoms with Gasteiger partial charge in [-0.3, -0.25) is 0 Å². The first-order valence-corrected chi connectivity index (χ1v) is 5.05. The molecule has 0 fully saturated rings. The number of ether oxygens (including phenoxy) is 1. The Morgan fingerprint density at radius 2 is 2.24 bits per heavy atom. The van der Waals surface area contributed by atoms with Crippen LogP contribution in [0, 0.1) is 5.82 Å². The van der Waals surface area contributed by atoms with Crippen molar-refractivity contribution in [2.45, 2.75) is 13.0 Å². The van der Waals surface area contributed by atoms with Crippen LogP contribution in [0.5, 0.6) is 5.75 Å². The fourth-order valence-corrected chi connectivity index (χ4v) is 1.34. The molecular weight excluding hydrogens is 225 g/mol. The van der Waals surface area contributed by atoms with Gasteiger partial charge < -0.3 is 15.0 Å². The van der Waals surface area contributed by atoms with Crippen molar-refractivity contribution in [3.05, 3.63) is 29.8 Å². The van der Waals surface area contributed by atoms with Crippen molar-refractivity contribution in [2.75, 3.05) is 7.11 Å². The maximum Gasteiger partial charge on any atom is 0.258 e. The number of nitrogens with two attached hydrogens (primary N) is 1.